The van der Waals surface area contributed by atoms with Crippen molar-refractivity contribution in [3.63, 3.8) is 0 Å². The predicted octanol–water partition coefficient (Wildman–Crippen LogP) is 3.20. The lowest BCUT2D eigenvalue weighted by atomic mass is 9.93. The minimum atomic E-state index is 0.213. The molecule has 0 fully saturated rings. The third-order valence-electron chi connectivity index (χ3n) is 2.17. The summed E-state index contributed by atoms with van der Waals surface area (Å²) in [5.41, 5.74) is 1.42. The first kappa shape index (κ1) is 11.4. The van der Waals surface area contributed by atoms with Gasteiger partial charge in [0, 0.05) is 5.92 Å². The Bertz CT molecular complexity index is 158. The summed E-state index contributed by atoms with van der Waals surface area (Å²) in [6.45, 7) is 8.38. The second-order valence-corrected chi connectivity index (χ2v) is 3.79. The summed E-state index contributed by atoms with van der Waals surface area (Å²) < 4.78 is 0. The van der Waals surface area contributed by atoms with Crippen LogP contribution in [-0.4, -0.2) is 6.29 Å². The van der Waals surface area contributed by atoms with Gasteiger partial charge >= 0.3 is 0 Å². The lowest BCUT2D eigenvalue weighted by molar-refractivity contribution is -0.111. The number of aldehydes is 1. The first-order valence-corrected chi connectivity index (χ1v) is 4.67. The fourth-order valence-electron chi connectivity index (χ4n) is 1.44. The molecule has 1 nitrogen and oxygen atoms in total. The Balaban J connectivity index is 3.73. The Morgan fingerprint density at radius 2 is 2.00 bits per heavy atom. The quantitative estimate of drug-likeness (QED) is 0.455. The molecule has 0 aliphatic heterocycles. The average Bonchev–Trinajstić information content (AvgIpc) is 2.03. The van der Waals surface area contributed by atoms with Crippen molar-refractivity contribution in [1.29, 1.82) is 0 Å². The average molecular weight is 168 g/mol. The Labute approximate surface area is 75.9 Å². The molecule has 0 saturated heterocycles. The highest BCUT2D eigenvalue weighted by Crippen LogP contribution is 2.17. The van der Waals surface area contributed by atoms with E-state index in [-0.39, 0.29) is 5.92 Å². The number of hydrogen-bond donors (Lipinski definition) is 0. The molecule has 0 N–H and O–H groups in total. The largest absolute Gasteiger partial charge is 0.303 e. The van der Waals surface area contributed by atoms with Crippen molar-refractivity contribution in [1.82, 2.24) is 0 Å². The molecule has 0 aliphatic rings. The fourth-order valence-corrected chi connectivity index (χ4v) is 1.44. The van der Waals surface area contributed by atoms with Crippen molar-refractivity contribution in [3.8, 4) is 0 Å². The Morgan fingerprint density at radius 1 is 1.42 bits per heavy atom. The summed E-state index contributed by atoms with van der Waals surface area (Å²) in [6, 6.07) is 0. The maximum absolute atomic E-state index is 10.4. The van der Waals surface area contributed by atoms with Gasteiger partial charge in [-0.25, -0.2) is 0 Å². The van der Waals surface area contributed by atoms with Crippen molar-refractivity contribution >= 4 is 6.29 Å². The molecule has 2 atom stereocenters. The SMILES string of the molecule is C/C=C(\C)C[C@H](C)C[C@@H](C)C=O. The minimum Gasteiger partial charge on any atom is -0.303 e. The molecule has 0 heterocycles. The maximum Gasteiger partial charge on any atom is 0.122 e. The van der Waals surface area contributed by atoms with Crippen molar-refractivity contribution in [2.75, 3.05) is 0 Å². The summed E-state index contributed by atoms with van der Waals surface area (Å²) in [5, 5.41) is 0. The summed E-state index contributed by atoms with van der Waals surface area (Å²) in [7, 11) is 0. The number of hydrogen-bond acceptors (Lipinski definition) is 1. The number of rotatable bonds is 5. The van der Waals surface area contributed by atoms with E-state index in [1.54, 1.807) is 0 Å². The summed E-state index contributed by atoms with van der Waals surface area (Å²) in [4.78, 5) is 10.4. The lowest BCUT2D eigenvalue weighted by Gasteiger charge is -2.12. The number of allylic oxidation sites excluding steroid dienone is 2. The molecular weight excluding hydrogens is 148 g/mol. The van der Waals surface area contributed by atoms with E-state index >= 15 is 0 Å². The predicted molar refractivity (Wildman–Crippen MR) is 53.1 cm³/mol. The van der Waals surface area contributed by atoms with E-state index < -0.39 is 0 Å². The van der Waals surface area contributed by atoms with Gasteiger partial charge < -0.3 is 4.79 Å². The van der Waals surface area contributed by atoms with Crippen LogP contribution in [0.2, 0.25) is 0 Å². The van der Waals surface area contributed by atoms with E-state index in [4.69, 9.17) is 0 Å². The van der Waals surface area contributed by atoms with Crippen LogP contribution in [0.1, 0.15) is 40.5 Å². The molecule has 0 unspecified atom stereocenters. The van der Waals surface area contributed by atoms with E-state index in [1.165, 1.54) is 5.57 Å². The molecule has 0 rings (SSSR count). The lowest BCUT2D eigenvalue weighted by Crippen LogP contribution is -2.04. The highest BCUT2D eigenvalue weighted by molar-refractivity contribution is 5.52. The second-order valence-electron chi connectivity index (χ2n) is 3.79. The van der Waals surface area contributed by atoms with E-state index in [2.05, 4.69) is 26.8 Å². The first-order valence-electron chi connectivity index (χ1n) is 4.67. The van der Waals surface area contributed by atoms with Gasteiger partial charge in [-0.1, -0.05) is 25.5 Å². The third-order valence-corrected chi connectivity index (χ3v) is 2.17. The van der Waals surface area contributed by atoms with Crippen molar-refractivity contribution < 1.29 is 4.79 Å². The van der Waals surface area contributed by atoms with Crippen LogP contribution in [0.15, 0.2) is 11.6 Å². The highest BCUT2D eigenvalue weighted by atomic mass is 16.1. The van der Waals surface area contributed by atoms with Crippen LogP contribution in [-0.2, 0) is 4.79 Å². The van der Waals surface area contributed by atoms with Gasteiger partial charge in [-0.05, 0) is 32.6 Å². The molecule has 0 spiro atoms. The van der Waals surface area contributed by atoms with Crippen molar-refractivity contribution in [2.45, 2.75) is 40.5 Å². The fraction of sp³-hybridized carbons (Fsp3) is 0.727. The zero-order valence-electron chi connectivity index (χ0n) is 8.63. The third kappa shape index (κ3) is 5.11. The monoisotopic (exact) mass is 168 g/mol. The summed E-state index contributed by atoms with van der Waals surface area (Å²) in [5.74, 6) is 0.839. The van der Waals surface area contributed by atoms with Gasteiger partial charge in [0.05, 0.1) is 0 Å². The minimum absolute atomic E-state index is 0.213. The molecule has 0 aromatic carbocycles. The van der Waals surface area contributed by atoms with E-state index in [1.807, 2.05) is 6.92 Å². The van der Waals surface area contributed by atoms with Crippen molar-refractivity contribution in [3.05, 3.63) is 11.6 Å². The zero-order valence-corrected chi connectivity index (χ0v) is 8.63. The van der Waals surface area contributed by atoms with Crippen LogP contribution in [0.5, 0.6) is 0 Å². The van der Waals surface area contributed by atoms with Gasteiger partial charge in [-0.3, -0.25) is 0 Å². The van der Waals surface area contributed by atoms with Crippen LogP contribution < -0.4 is 0 Å². The summed E-state index contributed by atoms with van der Waals surface area (Å²) >= 11 is 0. The van der Waals surface area contributed by atoms with Crippen LogP contribution in [0.4, 0.5) is 0 Å². The molecule has 0 aromatic heterocycles. The van der Waals surface area contributed by atoms with Crippen LogP contribution in [0.25, 0.3) is 0 Å². The Morgan fingerprint density at radius 3 is 2.42 bits per heavy atom. The zero-order chi connectivity index (χ0) is 9.56. The Hall–Kier alpha value is -0.590. The molecule has 0 saturated carbocycles. The van der Waals surface area contributed by atoms with E-state index in [9.17, 15) is 4.79 Å². The van der Waals surface area contributed by atoms with E-state index in [0.717, 1.165) is 19.1 Å². The second kappa shape index (κ2) is 5.99. The molecule has 0 bridgehead atoms. The molecule has 1 heteroatoms. The van der Waals surface area contributed by atoms with E-state index in [0.29, 0.717) is 5.92 Å². The number of carbonyl (C=O) groups excluding carboxylic acids is 1. The van der Waals surface area contributed by atoms with Crippen molar-refractivity contribution in [2.24, 2.45) is 11.8 Å². The van der Waals surface area contributed by atoms with Crippen LogP contribution >= 0.6 is 0 Å². The maximum atomic E-state index is 10.4. The molecule has 0 aliphatic carbocycles. The smallest absolute Gasteiger partial charge is 0.122 e. The van der Waals surface area contributed by atoms with Gasteiger partial charge in [-0.15, -0.1) is 0 Å². The van der Waals surface area contributed by atoms with Gasteiger partial charge in [-0.2, -0.15) is 0 Å². The molecule has 12 heavy (non-hydrogen) atoms. The topological polar surface area (TPSA) is 17.1 Å². The molecule has 0 radical (unpaired) electrons. The van der Waals surface area contributed by atoms with Crippen LogP contribution in [0.3, 0.4) is 0 Å². The van der Waals surface area contributed by atoms with Gasteiger partial charge in [0.2, 0.25) is 0 Å². The van der Waals surface area contributed by atoms with Gasteiger partial charge in [0.15, 0.2) is 0 Å². The van der Waals surface area contributed by atoms with Gasteiger partial charge in [0.1, 0.15) is 6.29 Å². The van der Waals surface area contributed by atoms with Crippen LogP contribution in [0, 0.1) is 11.8 Å². The highest BCUT2D eigenvalue weighted by Gasteiger charge is 2.07. The standard InChI is InChI=1S/C11H20O/c1-5-9(2)6-10(3)7-11(4)8-12/h5,8,10-11H,6-7H2,1-4H3/b9-5+/t10-,11+/m0/s1. The number of carbonyl (C=O) groups is 1. The molecule has 70 valence electrons. The normalized spacial score (nSPS) is 17.2. The van der Waals surface area contributed by atoms with Gasteiger partial charge in [0.25, 0.3) is 0 Å². The molecular formula is C11H20O. The Kier molecular flexibility index (Phi) is 5.69. The summed E-state index contributed by atoms with van der Waals surface area (Å²) in [6.07, 6.45) is 5.31. The molecule has 0 amide bonds. The molecule has 0 aromatic rings. The first-order chi connectivity index (χ1) is 5.60.